The first kappa shape index (κ1) is 2.50. The lowest BCUT2D eigenvalue weighted by atomic mass is 11.1. The summed E-state index contributed by atoms with van der Waals surface area (Å²) in [7, 11) is 0. The molecule has 1 N–H and O–H groups in total. The Bertz CT molecular complexity index is 42.9. The second-order valence-electron chi connectivity index (χ2n) is 0.688. The predicted molar refractivity (Wildman–Crippen MR) is 17.6 cm³/mol. The quantitative estimate of drug-likeness (QED) is 0.388. The zero-order chi connectivity index (χ0) is 3.54. The van der Waals surface area contributed by atoms with E-state index in [1.54, 1.807) is 0 Å². The molecule has 0 saturated heterocycles. The molecule has 0 bridgehead atoms. The van der Waals surface area contributed by atoms with Crippen molar-refractivity contribution >= 4 is 6.34 Å². The Kier molecular flexibility index (Phi) is 0.463. The lowest BCUT2D eigenvalue weighted by Gasteiger charge is -1.74. The SMILES string of the molecule is [C]1=N[N]CN1. The van der Waals surface area contributed by atoms with Gasteiger partial charge in [0.2, 0.25) is 0 Å². The van der Waals surface area contributed by atoms with Crippen LogP contribution in [0.2, 0.25) is 0 Å². The van der Waals surface area contributed by atoms with Crippen molar-refractivity contribution in [3.8, 4) is 0 Å². The van der Waals surface area contributed by atoms with Crippen molar-refractivity contribution in [3.05, 3.63) is 0 Å². The van der Waals surface area contributed by atoms with Crippen molar-refractivity contribution in [2.75, 3.05) is 6.67 Å². The minimum atomic E-state index is 0.597. The summed E-state index contributed by atoms with van der Waals surface area (Å²) in [5, 5.41) is 5.99. The molecule has 26 valence electrons. The molecule has 3 nitrogen and oxygen atoms in total. The van der Waals surface area contributed by atoms with Gasteiger partial charge in [-0.15, -0.1) is 5.10 Å². The number of rotatable bonds is 0. The van der Waals surface area contributed by atoms with Crippen molar-refractivity contribution < 1.29 is 0 Å². The summed E-state index contributed by atoms with van der Waals surface area (Å²) in [6.45, 7) is 0.597. The second-order valence-corrected chi connectivity index (χ2v) is 0.688. The number of nitrogens with one attached hydrogen (secondary N) is 1. The van der Waals surface area contributed by atoms with E-state index in [-0.39, 0.29) is 0 Å². The molecule has 1 aliphatic rings. The monoisotopic (exact) mass is 69.0 g/mol. The molecule has 0 fully saturated rings. The van der Waals surface area contributed by atoms with Gasteiger partial charge in [0, 0.05) is 0 Å². The van der Waals surface area contributed by atoms with Gasteiger partial charge in [-0.3, -0.25) is 0 Å². The van der Waals surface area contributed by atoms with E-state index in [9.17, 15) is 0 Å². The van der Waals surface area contributed by atoms with Crippen LogP contribution in [-0.4, -0.2) is 13.0 Å². The first-order valence-corrected chi connectivity index (χ1v) is 1.34. The van der Waals surface area contributed by atoms with Gasteiger partial charge in [-0.1, -0.05) is 0 Å². The molecule has 0 saturated carbocycles. The summed E-state index contributed by atoms with van der Waals surface area (Å²) in [6, 6.07) is 0. The fourth-order valence-corrected chi connectivity index (χ4v) is 0.177. The first-order valence-electron chi connectivity index (χ1n) is 1.34. The smallest absolute Gasteiger partial charge is 0.194 e. The largest absolute Gasteiger partial charge is 0.345 e. The van der Waals surface area contributed by atoms with Crippen molar-refractivity contribution in [2.24, 2.45) is 5.10 Å². The van der Waals surface area contributed by atoms with Crippen molar-refractivity contribution in [3.63, 3.8) is 0 Å². The van der Waals surface area contributed by atoms with Gasteiger partial charge < -0.3 is 5.32 Å². The van der Waals surface area contributed by atoms with E-state index in [2.05, 4.69) is 22.2 Å². The zero-order valence-electron chi connectivity index (χ0n) is 2.60. The van der Waals surface area contributed by atoms with E-state index in [0.29, 0.717) is 6.67 Å². The maximum Gasteiger partial charge on any atom is 0.194 e. The highest BCUT2D eigenvalue weighted by Gasteiger charge is 1.84. The van der Waals surface area contributed by atoms with Crippen LogP contribution >= 0.6 is 0 Å². The molecule has 0 aromatic heterocycles. The molecule has 0 atom stereocenters. The summed E-state index contributed by atoms with van der Waals surface area (Å²) < 4.78 is 0. The Balaban J connectivity index is 2.32. The highest BCUT2D eigenvalue weighted by atomic mass is 15.4. The Morgan fingerprint density at radius 1 is 1.80 bits per heavy atom. The zero-order valence-corrected chi connectivity index (χ0v) is 2.60. The summed E-state index contributed by atoms with van der Waals surface area (Å²) in [6.07, 6.45) is 2.43. The van der Waals surface area contributed by atoms with Crippen LogP contribution in [0.25, 0.3) is 0 Å². The minimum Gasteiger partial charge on any atom is -0.345 e. The van der Waals surface area contributed by atoms with Crippen LogP contribution in [-0.2, 0) is 0 Å². The van der Waals surface area contributed by atoms with E-state index in [1.807, 2.05) is 0 Å². The maximum atomic E-state index is 3.49. The average molecular weight is 69.1 g/mol. The van der Waals surface area contributed by atoms with Crippen LogP contribution in [0.3, 0.4) is 0 Å². The van der Waals surface area contributed by atoms with Crippen molar-refractivity contribution in [1.82, 2.24) is 10.7 Å². The summed E-state index contributed by atoms with van der Waals surface area (Å²) >= 11 is 0. The normalized spacial score (nSPS) is 17.6. The van der Waals surface area contributed by atoms with Gasteiger partial charge in [0.05, 0.1) is 0 Å². The Labute approximate surface area is 30.1 Å². The van der Waals surface area contributed by atoms with E-state index in [0.717, 1.165) is 0 Å². The van der Waals surface area contributed by atoms with Crippen LogP contribution in [0.5, 0.6) is 0 Å². The second kappa shape index (κ2) is 0.924. The van der Waals surface area contributed by atoms with Gasteiger partial charge in [0.15, 0.2) is 6.34 Å². The average Bonchev–Trinajstić information content (AvgIpc) is 1.76. The summed E-state index contributed by atoms with van der Waals surface area (Å²) in [4.78, 5) is 0. The highest BCUT2D eigenvalue weighted by molar-refractivity contribution is 5.54. The molecule has 0 aromatic carbocycles. The molecule has 0 unspecified atom stereocenters. The standard InChI is InChI=1S/C2H3N3/c1-3-2-5-4-1/h1H2,(H,3,5). The molecule has 0 amide bonds. The van der Waals surface area contributed by atoms with Crippen molar-refractivity contribution in [1.29, 1.82) is 0 Å². The molecular formula is C2H3N3. The van der Waals surface area contributed by atoms with Gasteiger partial charge in [0.1, 0.15) is 6.67 Å². The minimum absolute atomic E-state index is 0.597. The van der Waals surface area contributed by atoms with Crippen LogP contribution in [0.15, 0.2) is 5.10 Å². The van der Waals surface area contributed by atoms with E-state index in [1.165, 1.54) is 0 Å². The molecule has 1 rings (SSSR count). The summed E-state index contributed by atoms with van der Waals surface area (Å²) in [5.41, 5.74) is 3.49. The molecule has 2 radical (unpaired) electrons. The van der Waals surface area contributed by atoms with Crippen LogP contribution in [0, 0.1) is 0 Å². The Hall–Kier alpha value is -0.730. The van der Waals surface area contributed by atoms with E-state index >= 15 is 0 Å². The van der Waals surface area contributed by atoms with E-state index < -0.39 is 0 Å². The van der Waals surface area contributed by atoms with Crippen molar-refractivity contribution in [2.45, 2.75) is 0 Å². The molecule has 0 spiro atoms. The van der Waals surface area contributed by atoms with Crippen LogP contribution in [0.4, 0.5) is 0 Å². The number of hydrogen-bond donors (Lipinski definition) is 1. The fraction of sp³-hybridized carbons (Fsp3) is 0.500. The van der Waals surface area contributed by atoms with Gasteiger partial charge in [-0.25, -0.2) is 0 Å². The first-order chi connectivity index (χ1) is 2.50. The van der Waals surface area contributed by atoms with Gasteiger partial charge in [0.25, 0.3) is 0 Å². The third-order valence-corrected chi connectivity index (χ3v) is 0.350. The maximum absolute atomic E-state index is 3.49. The molecule has 1 heterocycles. The highest BCUT2D eigenvalue weighted by Crippen LogP contribution is 1.61. The molecule has 5 heavy (non-hydrogen) atoms. The van der Waals surface area contributed by atoms with Crippen LogP contribution < -0.4 is 10.7 Å². The number of hydrogen-bond acceptors (Lipinski definition) is 2. The number of nitrogens with zero attached hydrogens (tertiary/aromatic N) is 2. The van der Waals surface area contributed by atoms with Crippen LogP contribution in [0.1, 0.15) is 0 Å². The lowest BCUT2D eigenvalue weighted by Crippen LogP contribution is -2.08. The third kappa shape index (κ3) is 0.289. The van der Waals surface area contributed by atoms with Gasteiger partial charge in [-0.2, -0.15) is 5.43 Å². The molecule has 1 aliphatic heterocycles. The fourth-order valence-electron chi connectivity index (χ4n) is 0.177. The predicted octanol–water partition coefficient (Wildman–Crippen LogP) is -1.03. The third-order valence-electron chi connectivity index (χ3n) is 0.350. The lowest BCUT2D eigenvalue weighted by molar-refractivity contribution is 0.757. The topological polar surface area (TPSA) is 38.5 Å². The Morgan fingerprint density at radius 2 is 2.80 bits per heavy atom. The van der Waals surface area contributed by atoms with Gasteiger partial charge >= 0.3 is 0 Å². The molecule has 0 aromatic rings. The summed E-state index contributed by atoms with van der Waals surface area (Å²) in [5.74, 6) is 0. The molecular weight excluding hydrogens is 66.0 g/mol. The molecule has 3 heteroatoms. The van der Waals surface area contributed by atoms with Gasteiger partial charge in [-0.05, 0) is 0 Å². The van der Waals surface area contributed by atoms with E-state index in [4.69, 9.17) is 0 Å². The molecule has 0 aliphatic carbocycles. The Morgan fingerprint density at radius 3 is 3.00 bits per heavy atom.